The van der Waals surface area contributed by atoms with Gasteiger partial charge in [0.05, 0.1) is 17.8 Å². The van der Waals surface area contributed by atoms with E-state index >= 15 is 0 Å². The van der Waals surface area contributed by atoms with Crippen molar-refractivity contribution in [2.45, 2.75) is 57.4 Å². The largest absolute Gasteiger partial charge is 0.369 e. The molecule has 18 heavy (non-hydrogen) atoms. The molecule has 0 radical (unpaired) electrons. The second-order valence-electron chi connectivity index (χ2n) is 5.65. The molecule has 5 nitrogen and oxygen atoms in total. The summed E-state index contributed by atoms with van der Waals surface area (Å²) < 4.78 is 2.02. The highest BCUT2D eigenvalue weighted by Crippen LogP contribution is 2.41. The predicted octanol–water partition coefficient (Wildman–Crippen LogP) is 1.37. The average Bonchev–Trinajstić information content (AvgIpc) is 3.00. The third kappa shape index (κ3) is 2.40. The Bertz CT molecular complexity index is 446. The Kier molecular flexibility index (Phi) is 3.06. The van der Waals surface area contributed by atoms with Crippen LogP contribution in [0.25, 0.3) is 0 Å². The standard InChI is InChI=1S/C13H20N4O/c14-12(18)8-11-13(10-4-5-10)17(16-15-11)7-6-9-2-1-3-9/h9-10H,1-8H2,(H2,14,18). The number of carbonyl (C=O) groups excluding carboxylic acids is 1. The number of amides is 1. The molecule has 0 aliphatic heterocycles. The highest BCUT2D eigenvalue weighted by atomic mass is 16.1. The molecule has 5 heteroatoms. The summed E-state index contributed by atoms with van der Waals surface area (Å²) in [6, 6.07) is 0. The van der Waals surface area contributed by atoms with Gasteiger partial charge in [-0.3, -0.25) is 4.79 Å². The lowest BCUT2D eigenvalue weighted by Crippen LogP contribution is -2.17. The first-order valence-electron chi connectivity index (χ1n) is 6.94. The van der Waals surface area contributed by atoms with Crippen LogP contribution in [0.1, 0.15) is 55.8 Å². The van der Waals surface area contributed by atoms with E-state index in [1.807, 2.05) is 4.68 Å². The number of hydrogen-bond acceptors (Lipinski definition) is 3. The number of nitrogens with two attached hydrogens (primary N) is 1. The van der Waals surface area contributed by atoms with E-state index in [1.165, 1.54) is 44.2 Å². The normalized spacial score (nSPS) is 19.8. The summed E-state index contributed by atoms with van der Waals surface area (Å²) in [5.41, 5.74) is 7.24. The van der Waals surface area contributed by atoms with Crippen LogP contribution in [-0.2, 0) is 17.8 Å². The number of aryl methyl sites for hydroxylation is 1. The van der Waals surface area contributed by atoms with Crippen LogP contribution in [0.15, 0.2) is 0 Å². The molecule has 0 bridgehead atoms. The van der Waals surface area contributed by atoms with E-state index in [0.717, 1.165) is 18.2 Å². The van der Waals surface area contributed by atoms with Crippen LogP contribution < -0.4 is 5.73 Å². The van der Waals surface area contributed by atoms with E-state index in [-0.39, 0.29) is 12.3 Å². The van der Waals surface area contributed by atoms with Crippen molar-refractivity contribution in [3.8, 4) is 0 Å². The van der Waals surface area contributed by atoms with Gasteiger partial charge in [0, 0.05) is 12.5 Å². The summed E-state index contributed by atoms with van der Waals surface area (Å²) in [5, 5.41) is 8.37. The monoisotopic (exact) mass is 248 g/mol. The van der Waals surface area contributed by atoms with Crippen LogP contribution >= 0.6 is 0 Å². The Hall–Kier alpha value is -1.39. The molecule has 3 rings (SSSR count). The van der Waals surface area contributed by atoms with Gasteiger partial charge in [-0.1, -0.05) is 24.5 Å². The molecule has 2 aliphatic carbocycles. The minimum absolute atomic E-state index is 0.231. The van der Waals surface area contributed by atoms with Gasteiger partial charge in [0.25, 0.3) is 0 Å². The highest BCUT2D eigenvalue weighted by molar-refractivity contribution is 5.76. The Labute approximate surface area is 107 Å². The maximum Gasteiger partial charge on any atom is 0.223 e. The Balaban J connectivity index is 1.71. The minimum atomic E-state index is -0.317. The molecule has 0 aromatic carbocycles. The molecule has 98 valence electrons. The quantitative estimate of drug-likeness (QED) is 0.826. The second-order valence-corrected chi connectivity index (χ2v) is 5.65. The Morgan fingerprint density at radius 2 is 2.11 bits per heavy atom. The van der Waals surface area contributed by atoms with Gasteiger partial charge >= 0.3 is 0 Å². The minimum Gasteiger partial charge on any atom is -0.369 e. The summed E-state index contributed by atoms with van der Waals surface area (Å²) in [5.74, 6) is 1.12. The molecule has 0 saturated heterocycles. The maximum atomic E-state index is 11.0. The zero-order chi connectivity index (χ0) is 12.5. The maximum absolute atomic E-state index is 11.0. The van der Waals surface area contributed by atoms with E-state index in [2.05, 4.69) is 10.3 Å². The number of primary amides is 1. The topological polar surface area (TPSA) is 73.8 Å². The van der Waals surface area contributed by atoms with Gasteiger partial charge in [-0.15, -0.1) is 5.10 Å². The first-order chi connectivity index (χ1) is 8.74. The van der Waals surface area contributed by atoms with E-state index in [4.69, 9.17) is 5.73 Å². The molecule has 2 saturated carbocycles. The molecule has 0 unspecified atom stereocenters. The predicted molar refractivity (Wildman–Crippen MR) is 66.9 cm³/mol. The molecular weight excluding hydrogens is 228 g/mol. The molecule has 0 spiro atoms. The Morgan fingerprint density at radius 3 is 2.67 bits per heavy atom. The van der Waals surface area contributed by atoms with Crippen molar-refractivity contribution in [3.05, 3.63) is 11.4 Å². The molecule has 0 atom stereocenters. The van der Waals surface area contributed by atoms with Crippen molar-refractivity contribution in [1.82, 2.24) is 15.0 Å². The first kappa shape index (κ1) is 11.7. The smallest absolute Gasteiger partial charge is 0.223 e. The lowest BCUT2D eigenvalue weighted by atomic mass is 9.83. The van der Waals surface area contributed by atoms with Crippen molar-refractivity contribution >= 4 is 5.91 Å². The van der Waals surface area contributed by atoms with Gasteiger partial charge in [0.15, 0.2) is 0 Å². The zero-order valence-corrected chi connectivity index (χ0v) is 10.6. The van der Waals surface area contributed by atoms with Crippen LogP contribution in [0.2, 0.25) is 0 Å². The van der Waals surface area contributed by atoms with E-state index < -0.39 is 0 Å². The number of carbonyl (C=O) groups is 1. The third-order valence-corrected chi connectivity index (χ3v) is 4.13. The van der Waals surface area contributed by atoms with E-state index in [0.29, 0.717) is 5.92 Å². The summed E-state index contributed by atoms with van der Waals surface area (Å²) in [4.78, 5) is 11.0. The number of nitrogens with zero attached hydrogens (tertiary/aromatic N) is 3. The van der Waals surface area contributed by atoms with Crippen LogP contribution in [0.5, 0.6) is 0 Å². The molecular formula is C13H20N4O. The summed E-state index contributed by atoms with van der Waals surface area (Å²) in [7, 11) is 0. The lowest BCUT2D eigenvalue weighted by molar-refractivity contribution is -0.117. The fourth-order valence-electron chi connectivity index (χ4n) is 2.70. The van der Waals surface area contributed by atoms with Crippen molar-refractivity contribution in [3.63, 3.8) is 0 Å². The number of hydrogen-bond donors (Lipinski definition) is 1. The van der Waals surface area contributed by atoms with Gasteiger partial charge in [0.2, 0.25) is 5.91 Å². The molecule has 2 fully saturated rings. The van der Waals surface area contributed by atoms with E-state index in [9.17, 15) is 4.79 Å². The summed E-state index contributed by atoms with van der Waals surface area (Å²) in [6.45, 7) is 0.947. The molecule has 2 N–H and O–H groups in total. The lowest BCUT2D eigenvalue weighted by Gasteiger charge is -2.25. The summed E-state index contributed by atoms with van der Waals surface area (Å²) >= 11 is 0. The van der Waals surface area contributed by atoms with Crippen LogP contribution in [0.3, 0.4) is 0 Å². The molecule has 1 amide bonds. The molecule has 2 aliphatic rings. The van der Waals surface area contributed by atoms with Gasteiger partial charge in [-0.05, 0) is 25.2 Å². The van der Waals surface area contributed by atoms with Crippen LogP contribution in [0, 0.1) is 5.92 Å². The van der Waals surface area contributed by atoms with E-state index in [1.54, 1.807) is 0 Å². The van der Waals surface area contributed by atoms with Crippen LogP contribution in [-0.4, -0.2) is 20.9 Å². The van der Waals surface area contributed by atoms with Gasteiger partial charge in [-0.2, -0.15) is 0 Å². The SMILES string of the molecule is NC(=O)Cc1nnn(CCC2CCC2)c1C1CC1. The van der Waals surface area contributed by atoms with Gasteiger partial charge in [-0.25, -0.2) is 4.68 Å². The van der Waals surface area contributed by atoms with Crippen LogP contribution in [0.4, 0.5) is 0 Å². The van der Waals surface area contributed by atoms with Crippen molar-refractivity contribution in [1.29, 1.82) is 0 Å². The number of rotatable bonds is 6. The highest BCUT2D eigenvalue weighted by Gasteiger charge is 2.31. The number of aromatic nitrogens is 3. The first-order valence-corrected chi connectivity index (χ1v) is 6.94. The van der Waals surface area contributed by atoms with Gasteiger partial charge < -0.3 is 5.73 Å². The van der Waals surface area contributed by atoms with Crippen molar-refractivity contribution < 1.29 is 4.79 Å². The zero-order valence-electron chi connectivity index (χ0n) is 10.6. The fourth-order valence-corrected chi connectivity index (χ4v) is 2.70. The average molecular weight is 248 g/mol. The second kappa shape index (κ2) is 4.71. The Morgan fingerprint density at radius 1 is 1.33 bits per heavy atom. The summed E-state index contributed by atoms with van der Waals surface area (Å²) in [6.07, 6.45) is 7.92. The van der Waals surface area contributed by atoms with Gasteiger partial charge in [0.1, 0.15) is 0 Å². The van der Waals surface area contributed by atoms with Crippen molar-refractivity contribution in [2.24, 2.45) is 11.7 Å². The third-order valence-electron chi connectivity index (χ3n) is 4.13. The van der Waals surface area contributed by atoms with Crippen molar-refractivity contribution in [2.75, 3.05) is 0 Å². The molecule has 1 heterocycles. The fraction of sp³-hybridized carbons (Fsp3) is 0.769. The molecule has 1 aromatic rings. The molecule has 1 aromatic heterocycles.